The third-order valence-electron chi connectivity index (χ3n) is 3.88. The van der Waals surface area contributed by atoms with Crippen molar-refractivity contribution in [1.82, 2.24) is 4.90 Å². The Bertz CT molecular complexity index is 524. The first-order valence-corrected chi connectivity index (χ1v) is 7.09. The number of piperidine rings is 1. The van der Waals surface area contributed by atoms with Gasteiger partial charge in [-0.1, -0.05) is 12.1 Å². The fourth-order valence-electron chi connectivity index (χ4n) is 2.80. The van der Waals surface area contributed by atoms with Crippen LogP contribution in [-0.4, -0.2) is 34.3 Å². The largest absolute Gasteiger partial charge is 0.507 e. The average Bonchev–Trinajstić information content (AvgIpc) is 2.41. The van der Waals surface area contributed by atoms with Crippen molar-refractivity contribution in [2.45, 2.75) is 45.6 Å². The molecule has 4 heteroatoms. The van der Waals surface area contributed by atoms with Gasteiger partial charge in [0, 0.05) is 19.0 Å². The van der Waals surface area contributed by atoms with Gasteiger partial charge in [-0.3, -0.25) is 9.59 Å². The van der Waals surface area contributed by atoms with Crippen LogP contribution in [0.3, 0.4) is 0 Å². The molecule has 1 atom stereocenters. The van der Waals surface area contributed by atoms with Crippen LogP contribution in [0.25, 0.3) is 0 Å². The molecule has 1 heterocycles. The van der Waals surface area contributed by atoms with Crippen LogP contribution < -0.4 is 0 Å². The van der Waals surface area contributed by atoms with E-state index < -0.39 is 0 Å². The summed E-state index contributed by atoms with van der Waals surface area (Å²) in [6.07, 6.45) is 3.25. The molecule has 1 amide bonds. The van der Waals surface area contributed by atoms with Crippen LogP contribution in [0.1, 0.15) is 48.5 Å². The summed E-state index contributed by atoms with van der Waals surface area (Å²) >= 11 is 0. The Hall–Kier alpha value is -1.84. The van der Waals surface area contributed by atoms with Gasteiger partial charge in [-0.25, -0.2) is 0 Å². The summed E-state index contributed by atoms with van der Waals surface area (Å²) in [4.78, 5) is 25.7. The van der Waals surface area contributed by atoms with Crippen molar-refractivity contribution < 1.29 is 14.7 Å². The molecule has 1 aliphatic heterocycles. The van der Waals surface area contributed by atoms with Gasteiger partial charge >= 0.3 is 0 Å². The molecule has 0 bridgehead atoms. The molecular weight excluding hydrogens is 254 g/mol. The van der Waals surface area contributed by atoms with Crippen molar-refractivity contribution in [2.75, 3.05) is 6.54 Å². The van der Waals surface area contributed by atoms with E-state index in [1.54, 1.807) is 36.9 Å². The molecule has 0 aliphatic carbocycles. The van der Waals surface area contributed by atoms with E-state index in [0.717, 1.165) is 19.3 Å². The standard InChI is InChI=1S/C16H21NO3/c1-11-6-5-8-14(15(11)19)16(20)17-9-4-3-7-13(17)10-12(2)18/h5-6,8,13,19H,3-4,7,9-10H2,1-2H3. The van der Waals surface area contributed by atoms with Gasteiger partial charge in [0.05, 0.1) is 5.56 Å². The number of ketones is 1. The molecule has 1 aromatic rings. The number of phenols is 1. The highest BCUT2D eigenvalue weighted by Crippen LogP contribution is 2.27. The third kappa shape index (κ3) is 3.00. The number of likely N-dealkylation sites (tertiary alicyclic amines) is 1. The highest BCUT2D eigenvalue weighted by Gasteiger charge is 2.29. The maximum Gasteiger partial charge on any atom is 0.257 e. The van der Waals surface area contributed by atoms with Crippen molar-refractivity contribution in [3.8, 4) is 5.75 Å². The van der Waals surface area contributed by atoms with Gasteiger partial charge in [-0.2, -0.15) is 0 Å². The van der Waals surface area contributed by atoms with E-state index in [1.807, 2.05) is 0 Å². The van der Waals surface area contributed by atoms with Gasteiger partial charge in [0.15, 0.2) is 0 Å². The zero-order valence-corrected chi connectivity index (χ0v) is 12.1. The van der Waals surface area contributed by atoms with Gasteiger partial charge in [0.25, 0.3) is 5.91 Å². The van der Waals surface area contributed by atoms with Crippen molar-refractivity contribution in [2.24, 2.45) is 0 Å². The molecule has 1 fully saturated rings. The van der Waals surface area contributed by atoms with Crippen molar-refractivity contribution in [3.05, 3.63) is 29.3 Å². The minimum absolute atomic E-state index is 0.0336. The van der Waals surface area contributed by atoms with Gasteiger partial charge in [-0.05, 0) is 44.7 Å². The molecule has 1 unspecified atom stereocenters. The Labute approximate surface area is 119 Å². The smallest absolute Gasteiger partial charge is 0.257 e. The van der Waals surface area contributed by atoms with Crippen LogP contribution in [0.4, 0.5) is 0 Å². The zero-order chi connectivity index (χ0) is 14.7. The summed E-state index contributed by atoms with van der Waals surface area (Å²) in [5.74, 6) is -0.0232. The molecule has 4 nitrogen and oxygen atoms in total. The Kier molecular flexibility index (Phi) is 4.42. The highest BCUT2D eigenvalue weighted by atomic mass is 16.3. The van der Waals surface area contributed by atoms with Gasteiger partial charge < -0.3 is 10.0 Å². The van der Waals surface area contributed by atoms with E-state index >= 15 is 0 Å². The number of phenolic OH excluding ortho intramolecular Hbond substituents is 1. The van der Waals surface area contributed by atoms with Crippen LogP contribution in [0, 0.1) is 6.92 Å². The van der Waals surface area contributed by atoms with Gasteiger partial charge in [-0.15, -0.1) is 0 Å². The number of benzene rings is 1. The quantitative estimate of drug-likeness (QED) is 0.922. The van der Waals surface area contributed by atoms with Crippen molar-refractivity contribution in [3.63, 3.8) is 0 Å². The van der Waals surface area contributed by atoms with Gasteiger partial charge in [0.2, 0.25) is 0 Å². The first-order valence-electron chi connectivity index (χ1n) is 7.09. The number of amides is 1. The molecule has 0 saturated carbocycles. The fraction of sp³-hybridized carbons (Fsp3) is 0.500. The first kappa shape index (κ1) is 14.6. The summed E-state index contributed by atoms with van der Waals surface area (Å²) < 4.78 is 0. The predicted octanol–water partition coefficient (Wildman–Crippen LogP) is 2.67. The highest BCUT2D eigenvalue weighted by molar-refractivity contribution is 5.97. The Balaban J connectivity index is 2.25. The number of carbonyl (C=O) groups is 2. The molecule has 108 valence electrons. The normalized spacial score (nSPS) is 18.9. The molecule has 20 heavy (non-hydrogen) atoms. The number of nitrogens with zero attached hydrogens (tertiary/aromatic N) is 1. The summed E-state index contributed by atoms with van der Waals surface area (Å²) in [7, 11) is 0. The second kappa shape index (κ2) is 6.07. The fourth-order valence-corrected chi connectivity index (χ4v) is 2.80. The number of aromatic hydroxyl groups is 1. The monoisotopic (exact) mass is 275 g/mol. The summed E-state index contributed by atoms with van der Waals surface area (Å²) in [5.41, 5.74) is 1.02. The van der Waals surface area contributed by atoms with Crippen LogP contribution >= 0.6 is 0 Å². The SMILES string of the molecule is CC(=O)CC1CCCCN1C(=O)c1cccc(C)c1O. The number of aryl methyl sites for hydroxylation is 1. The Morgan fingerprint density at radius 2 is 2.10 bits per heavy atom. The Morgan fingerprint density at radius 3 is 2.80 bits per heavy atom. The number of hydrogen-bond acceptors (Lipinski definition) is 3. The molecular formula is C16H21NO3. The molecule has 1 aliphatic rings. The summed E-state index contributed by atoms with van der Waals surface area (Å²) in [5, 5.41) is 10.1. The van der Waals surface area contributed by atoms with Crippen LogP contribution in [0.5, 0.6) is 5.75 Å². The number of hydrogen-bond donors (Lipinski definition) is 1. The lowest BCUT2D eigenvalue weighted by Gasteiger charge is -2.35. The molecule has 1 aromatic carbocycles. The minimum Gasteiger partial charge on any atom is -0.507 e. The molecule has 2 rings (SSSR count). The van der Waals surface area contributed by atoms with E-state index in [9.17, 15) is 14.7 Å². The molecule has 0 aromatic heterocycles. The maximum atomic E-state index is 12.6. The van der Waals surface area contributed by atoms with E-state index in [2.05, 4.69) is 0 Å². The van der Waals surface area contributed by atoms with Crippen molar-refractivity contribution in [1.29, 1.82) is 0 Å². The average molecular weight is 275 g/mol. The lowest BCUT2D eigenvalue weighted by molar-refractivity contribution is -0.118. The van der Waals surface area contributed by atoms with Crippen LogP contribution in [0.15, 0.2) is 18.2 Å². The van der Waals surface area contributed by atoms with Gasteiger partial charge in [0.1, 0.15) is 11.5 Å². The number of rotatable bonds is 3. The topological polar surface area (TPSA) is 57.6 Å². The van der Waals surface area contributed by atoms with E-state index in [4.69, 9.17) is 0 Å². The van der Waals surface area contributed by atoms with Crippen molar-refractivity contribution >= 4 is 11.7 Å². The number of carbonyl (C=O) groups excluding carboxylic acids is 2. The predicted molar refractivity (Wildman–Crippen MR) is 76.8 cm³/mol. The van der Waals surface area contributed by atoms with E-state index in [0.29, 0.717) is 24.1 Å². The van der Waals surface area contributed by atoms with E-state index in [-0.39, 0.29) is 23.5 Å². The van der Waals surface area contributed by atoms with Crippen LogP contribution in [-0.2, 0) is 4.79 Å². The first-order chi connectivity index (χ1) is 9.50. The van der Waals surface area contributed by atoms with E-state index in [1.165, 1.54) is 0 Å². The maximum absolute atomic E-state index is 12.6. The second-order valence-corrected chi connectivity index (χ2v) is 5.53. The lowest BCUT2D eigenvalue weighted by atomic mass is 9.96. The zero-order valence-electron chi connectivity index (χ0n) is 12.1. The number of Topliss-reactive ketones (excluding diaryl/α,β-unsaturated/α-hetero) is 1. The molecule has 1 N–H and O–H groups in total. The minimum atomic E-state index is -0.169. The molecule has 0 radical (unpaired) electrons. The Morgan fingerprint density at radius 1 is 1.35 bits per heavy atom. The summed E-state index contributed by atoms with van der Waals surface area (Å²) in [6, 6.07) is 5.15. The second-order valence-electron chi connectivity index (χ2n) is 5.53. The summed E-state index contributed by atoms with van der Waals surface area (Å²) in [6.45, 7) is 3.99. The lowest BCUT2D eigenvalue weighted by Crippen LogP contribution is -2.44. The molecule has 0 spiro atoms. The van der Waals surface area contributed by atoms with Crippen LogP contribution in [0.2, 0.25) is 0 Å². The molecule has 1 saturated heterocycles. The number of para-hydroxylation sites is 1. The third-order valence-corrected chi connectivity index (χ3v) is 3.88.